The quantitative estimate of drug-likeness (QED) is 0.480. The van der Waals surface area contributed by atoms with E-state index in [1.54, 1.807) is 6.08 Å². The van der Waals surface area contributed by atoms with Crippen LogP contribution in [-0.2, 0) is 16.2 Å². The van der Waals surface area contributed by atoms with Gasteiger partial charge < -0.3 is 4.98 Å². The number of aromatic amines is 1. The minimum atomic E-state index is -0.250. The van der Waals surface area contributed by atoms with Gasteiger partial charge in [0.2, 0.25) is 6.41 Å². The molecule has 6 nitrogen and oxygen atoms in total. The average Bonchev–Trinajstić information content (AvgIpc) is 2.70. The molecule has 0 aromatic carbocycles. The Kier molecular flexibility index (Phi) is 3.95. The smallest absolute Gasteiger partial charge is 0.305 e. The molecule has 18 heavy (non-hydrogen) atoms. The number of H-pyrrole nitrogens is 1. The van der Waals surface area contributed by atoms with E-state index in [1.165, 1.54) is 5.06 Å². The molecule has 7 heteroatoms. The average molecular weight is 269 g/mol. The first-order valence-electron chi connectivity index (χ1n) is 5.53. The molecule has 2 heterocycles. The van der Waals surface area contributed by atoms with Gasteiger partial charge in [0.25, 0.3) is 0 Å². The van der Waals surface area contributed by atoms with Crippen LogP contribution < -0.4 is 4.87 Å². The van der Waals surface area contributed by atoms with Crippen LogP contribution >= 0.6 is 11.3 Å². The first-order valence-corrected chi connectivity index (χ1v) is 6.35. The fourth-order valence-electron chi connectivity index (χ4n) is 2.00. The van der Waals surface area contributed by atoms with Crippen molar-refractivity contribution in [3.8, 4) is 0 Å². The van der Waals surface area contributed by atoms with Crippen LogP contribution in [0.5, 0.6) is 0 Å². The number of hydroxylamine groups is 2. The molecule has 1 aliphatic rings. The normalized spacial score (nSPS) is 19.3. The zero-order chi connectivity index (χ0) is 13.1. The zero-order valence-electron chi connectivity index (χ0n) is 10.1. The summed E-state index contributed by atoms with van der Waals surface area (Å²) in [5.74, 6) is 0. The lowest BCUT2D eigenvalue weighted by Crippen LogP contribution is -2.39. The van der Waals surface area contributed by atoms with Crippen LogP contribution in [0.1, 0.15) is 16.6 Å². The first-order chi connectivity index (χ1) is 8.65. The van der Waals surface area contributed by atoms with Crippen LogP contribution in [0.15, 0.2) is 17.4 Å². The van der Waals surface area contributed by atoms with E-state index in [0.717, 1.165) is 21.9 Å². The summed E-state index contributed by atoms with van der Waals surface area (Å²) < 4.78 is 0. The van der Waals surface area contributed by atoms with Crippen molar-refractivity contribution >= 4 is 17.7 Å². The summed E-state index contributed by atoms with van der Waals surface area (Å²) in [4.78, 5) is 33.4. The minimum Gasteiger partial charge on any atom is -0.315 e. The summed E-state index contributed by atoms with van der Waals surface area (Å²) in [6, 6.07) is -0.250. The Labute approximate surface area is 108 Å². The lowest BCUT2D eigenvalue weighted by molar-refractivity contribution is -0.185. The molecule has 0 saturated heterocycles. The van der Waals surface area contributed by atoms with Crippen molar-refractivity contribution in [2.24, 2.45) is 0 Å². The topological polar surface area (TPSA) is 65.6 Å². The highest BCUT2D eigenvalue weighted by Crippen LogP contribution is 2.30. The lowest BCUT2D eigenvalue weighted by atomic mass is 10.1. The number of aromatic nitrogens is 1. The molecule has 0 bridgehead atoms. The van der Waals surface area contributed by atoms with Gasteiger partial charge in [0, 0.05) is 18.8 Å². The van der Waals surface area contributed by atoms with E-state index in [1.807, 2.05) is 11.9 Å². The predicted octanol–water partition coefficient (Wildman–Crippen LogP) is 0.499. The van der Waals surface area contributed by atoms with Gasteiger partial charge in [0.05, 0.1) is 11.5 Å². The highest BCUT2D eigenvalue weighted by atomic mass is 32.1. The van der Waals surface area contributed by atoms with Crippen LogP contribution in [0.25, 0.3) is 0 Å². The number of thiazole rings is 1. The van der Waals surface area contributed by atoms with E-state index in [4.69, 9.17) is 4.84 Å². The van der Waals surface area contributed by atoms with Gasteiger partial charge in [-0.2, -0.15) is 0 Å². The molecule has 1 N–H and O–H groups in total. The maximum atomic E-state index is 11.4. The van der Waals surface area contributed by atoms with Crippen molar-refractivity contribution in [2.75, 3.05) is 20.2 Å². The number of amides is 1. The second kappa shape index (κ2) is 5.47. The van der Waals surface area contributed by atoms with Crippen molar-refractivity contribution in [1.82, 2.24) is 14.9 Å². The minimum absolute atomic E-state index is 0.102. The number of nitrogens with zero attached hydrogens (tertiary/aromatic N) is 2. The molecule has 1 aliphatic heterocycles. The van der Waals surface area contributed by atoms with Crippen LogP contribution in [-0.4, -0.2) is 41.6 Å². The monoisotopic (exact) mass is 269 g/mol. The van der Waals surface area contributed by atoms with Crippen molar-refractivity contribution in [1.29, 1.82) is 0 Å². The fraction of sp³-hybridized carbons (Fsp3) is 0.455. The third-order valence-electron chi connectivity index (χ3n) is 2.72. The molecule has 1 atom stereocenters. The SMILES string of the molecule is C=CCON(C=O)[C@H]1CN(C)Cc2[nH]c(=O)sc21. The summed E-state index contributed by atoms with van der Waals surface area (Å²) in [7, 11) is 1.93. The molecule has 2 rings (SSSR count). The van der Waals surface area contributed by atoms with Gasteiger partial charge in [-0.1, -0.05) is 17.4 Å². The Morgan fingerprint density at radius 2 is 2.50 bits per heavy atom. The van der Waals surface area contributed by atoms with Gasteiger partial charge in [0.15, 0.2) is 0 Å². The van der Waals surface area contributed by atoms with Crippen molar-refractivity contribution in [3.05, 3.63) is 32.9 Å². The second-order valence-electron chi connectivity index (χ2n) is 4.12. The van der Waals surface area contributed by atoms with E-state index in [9.17, 15) is 9.59 Å². The maximum Gasteiger partial charge on any atom is 0.305 e. The molecule has 0 spiro atoms. The number of carbonyl (C=O) groups is 1. The number of hydrogen-bond donors (Lipinski definition) is 1. The molecule has 98 valence electrons. The van der Waals surface area contributed by atoms with Crippen LogP contribution in [0, 0.1) is 0 Å². The molecule has 0 fully saturated rings. The Morgan fingerprint density at radius 1 is 1.72 bits per heavy atom. The van der Waals surface area contributed by atoms with Gasteiger partial charge in [-0.15, -0.1) is 6.58 Å². The molecular formula is C11H15N3O3S. The third-order valence-corrected chi connectivity index (χ3v) is 3.75. The molecule has 0 saturated carbocycles. The zero-order valence-corrected chi connectivity index (χ0v) is 10.9. The summed E-state index contributed by atoms with van der Waals surface area (Å²) in [5, 5.41) is 1.25. The van der Waals surface area contributed by atoms with Gasteiger partial charge in [-0.05, 0) is 7.05 Å². The summed E-state index contributed by atoms with van der Waals surface area (Å²) >= 11 is 1.13. The van der Waals surface area contributed by atoms with Crippen LogP contribution in [0.4, 0.5) is 0 Å². The molecule has 0 aliphatic carbocycles. The van der Waals surface area contributed by atoms with Gasteiger partial charge in [-0.25, -0.2) is 5.06 Å². The van der Waals surface area contributed by atoms with E-state index in [-0.39, 0.29) is 17.5 Å². The molecule has 1 aromatic rings. The number of likely N-dealkylation sites (N-methyl/N-ethyl adjacent to an activating group) is 1. The van der Waals surface area contributed by atoms with E-state index in [0.29, 0.717) is 19.5 Å². The molecular weight excluding hydrogens is 254 g/mol. The van der Waals surface area contributed by atoms with Gasteiger partial charge in [0.1, 0.15) is 6.04 Å². The van der Waals surface area contributed by atoms with Crippen molar-refractivity contribution in [3.63, 3.8) is 0 Å². The largest absolute Gasteiger partial charge is 0.315 e. The Bertz CT molecular complexity index is 496. The number of nitrogens with one attached hydrogen (secondary N) is 1. The number of rotatable bonds is 5. The van der Waals surface area contributed by atoms with Gasteiger partial charge in [-0.3, -0.25) is 19.3 Å². The highest BCUT2D eigenvalue weighted by molar-refractivity contribution is 7.09. The standard InChI is InChI=1S/C11H15N3O3S/c1-3-4-17-14(7-15)9-6-13(2)5-8-10(9)18-11(16)12-8/h3,7,9H,1,4-6H2,2H3,(H,12,16)/t9-/m0/s1. The number of fused-ring (bicyclic) bond motifs is 1. The van der Waals surface area contributed by atoms with Crippen LogP contribution in [0.2, 0.25) is 0 Å². The second-order valence-corrected chi connectivity index (χ2v) is 5.13. The summed E-state index contributed by atoms with van der Waals surface area (Å²) in [6.45, 7) is 5.12. The first kappa shape index (κ1) is 13.0. The Morgan fingerprint density at radius 3 is 3.17 bits per heavy atom. The maximum absolute atomic E-state index is 11.4. The summed E-state index contributed by atoms with van der Waals surface area (Å²) in [5.41, 5.74) is 0.859. The Hall–Kier alpha value is -1.44. The van der Waals surface area contributed by atoms with Crippen molar-refractivity contribution < 1.29 is 9.63 Å². The van der Waals surface area contributed by atoms with Gasteiger partial charge >= 0.3 is 4.87 Å². The van der Waals surface area contributed by atoms with Crippen LogP contribution in [0.3, 0.4) is 0 Å². The number of hydrogen-bond acceptors (Lipinski definition) is 5. The lowest BCUT2D eigenvalue weighted by Gasteiger charge is -2.33. The summed E-state index contributed by atoms with van der Waals surface area (Å²) in [6.07, 6.45) is 2.21. The predicted molar refractivity (Wildman–Crippen MR) is 68.1 cm³/mol. The molecule has 1 aromatic heterocycles. The van der Waals surface area contributed by atoms with E-state index < -0.39 is 0 Å². The number of carbonyl (C=O) groups excluding carboxylic acids is 1. The molecule has 0 unspecified atom stereocenters. The highest BCUT2D eigenvalue weighted by Gasteiger charge is 2.31. The fourth-order valence-corrected chi connectivity index (χ4v) is 2.93. The molecule has 0 radical (unpaired) electrons. The van der Waals surface area contributed by atoms with E-state index in [2.05, 4.69) is 11.6 Å². The van der Waals surface area contributed by atoms with E-state index >= 15 is 0 Å². The third kappa shape index (κ3) is 2.53. The molecule has 1 amide bonds. The van der Waals surface area contributed by atoms with Crippen molar-refractivity contribution in [2.45, 2.75) is 12.6 Å². The Balaban J connectivity index is 2.28.